The summed E-state index contributed by atoms with van der Waals surface area (Å²) in [6, 6.07) is 71.7. The third kappa shape index (κ3) is 6.29. The Kier molecular flexibility index (Phi) is 8.47. The maximum Gasteiger partial charge on any atom is 0.164 e. The third-order valence-corrected chi connectivity index (χ3v) is 10.4. The van der Waals surface area contributed by atoms with Crippen LogP contribution < -0.4 is 0 Å². The van der Waals surface area contributed by atoms with E-state index in [2.05, 4.69) is 164 Å². The highest BCUT2D eigenvalue weighted by Crippen LogP contribution is 2.40. The zero-order valence-corrected chi connectivity index (χ0v) is 30.4. The molecule has 2 aromatic heterocycles. The average Bonchev–Trinajstić information content (AvgIpc) is 3.29. The van der Waals surface area contributed by atoms with Gasteiger partial charge in [-0.1, -0.05) is 194 Å². The summed E-state index contributed by atoms with van der Waals surface area (Å²) in [7, 11) is 0. The van der Waals surface area contributed by atoms with Gasteiger partial charge in [-0.2, -0.15) is 0 Å². The van der Waals surface area contributed by atoms with E-state index in [4.69, 9.17) is 19.9 Å². The van der Waals surface area contributed by atoms with E-state index in [9.17, 15) is 0 Å². The molecular formula is C52H34N4. The van der Waals surface area contributed by atoms with E-state index in [0.717, 1.165) is 61.1 Å². The predicted octanol–water partition coefficient (Wildman–Crippen LogP) is 13.2. The van der Waals surface area contributed by atoms with Crippen LogP contribution in [0.1, 0.15) is 0 Å². The highest BCUT2D eigenvalue weighted by molar-refractivity contribution is 6.17. The molecule has 0 bridgehead atoms. The Morgan fingerprint density at radius 2 is 0.679 bits per heavy atom. The Morgan fingerprint density at radius 1 is 0.250 bits per heavy atom. The molecule has 0 saturated carbocycles. The monoisotopic (exact) mass is 714 g/mol. The largest absolute Gasteiger partial charge is 0.248 e. The van der Waals surface area contributed by atoms with Gasteiger partial charge in [0.1, 0.15) is 0 Å². The molecule has 0 aliphatic rings. The van der Waals surface area contributed by atoms with Gasteiger partial charge in [0.25, 0.3) is 0 Å². The molecule has 4 nitrogen and oxygen atoms in total. The number of nitrogens with zero attached hydrogens (tertiary/aromatic N) is 4. The second-order valence-electron chi connectivity index (χ2n) is 13.8. The first-order valence-electron chi connectivity index (χ1n) is 18.8. The van der Waals surface area contributed by atoms with Gasteiger partial charge in [0.05, 0.1) is 11.2 Å². The van der Waals surface area contributed by atoms with E-state index >= 15 is 0 Å². The highest BCUT2D eigenvalue weighted by atomic mass is 15.0. The molecule has 0 spiro atoms. The lowest BCUT2D eigenvalue weighted by atomic mass is 9.91. The number of aromatic nitrogens is 4. The number of pyridine rings is 1. The van der Waals surface area contributed by atoms with E-state index in [1.807, 2.05) is 42.5 Å². The van der Waals surface area contributed by atoms with Crippen LogP contribution in [0.5, 0.6) is 0 Å². The number of hydrogen-bond donors (Lipinski definition) is 0. The van der Waals surface area contributed by atoms with Crippen LogP contribution in [0.15, 0.2) is 206 Å². The Hall–Kier alpha value is -7.56. The first-order valence-corrected chi connectivity index (χ1v) is 18.8. The number of benzene rings is 8. The lowest BCUT2D eigenvalue weighted by Crippen LogP contribution is -2.00. The number of hydrogen-bond acceptors (Lipinski definition) is 4. The zero-order valence-electron chi connectivity index (χ0n) is 30.4. The van der Waals surface area contributed by atoms with Crippen LogP contribution in [0.2, 0.25) is 0 Å². The first-order chi connectivity index (χ1) is 27.7. The summed E-state index contributed by atoms with van der Waals surface area (Å²) in [5, 5.41) is 3.49. The molecule has 0 atom stereocenters. The van der Waals surface area contributed by atoms with E-state index in [0.29, 0.717) is 17.5 Å². The van der Waals surface area contributed by atoms with Crippen molar-refractivity contribution in [1.29, 1.82) is 0 Å². The van der Waals surface area contributed by atoms with Crippen molar-refractivity contribution in [2.75, 3.05) is 0 Å². The van der Waals surface area contributed by atoms with Crippen molar-refractivity contribution < 1.29 is 0 Å². The van der Waals surface area contributed by atoms with Crippen LogP contribution in [0.25, 0.3) is 100 Å². The van der Waals surface area contributed by atoms with E-state index in [1.54, 1.807) is 0 Å². The van der Waals surface area contributed by atoms with Gasteiger partial charge in [-0.25, -0.2) is 19.9 Å². The van der Waals surface area contributed by atoms with Gasteiger partial charge in [-0.05, 0) is 56.3 Å². The molecule has 0 saturated heterocycles. The second-order valence-corrected chi connectivity index (χ2v) is 13.8. The highest BCUT2D eigenvalue weighted by Gasteiger charge is 2.16. The van der Waals surface area contributed by atoms with Crippen molar-refractivity contribution >= 4 is 21.7 Å². The standard InChI is InChI=1S/C52H34N4/c1-5-14-35(15-6-1)36-24-28-41(29-25-36)51-54-50(40-20-11-4-12-21-40)55-52(56-51)42-30-26-38(27-31-42)43-22-13-23-45-44(43)32-33-47-49(45)46(37-16-7-2-8-17-37)34-48(53-47)39-18-9-3-10-19-39/h1-34H. The minimum absolute atomic E-state index is 0.629. The summed E-state index contributed by atoms with van der Waals surface area (Å²) in [5.74, 6) is 1.90. The second kappa shape index (κ2) is 14.3. The minimum atomic E-state index is 0.629. The molecular weight excluding hydrogens is 681 g/mol. The molecule has 0 aliphatic heterocycles. The molecule has 56 heavy (non-hydrogen) atoms. The number of fused-ring (bicyclic) bond motifs is 3. The summed E-state index contributed by atoms with van der Waals surface area (Å²) in [6.45, 7) is 0. The van der Waals surface area contributed by atoms with Crippen molar-refractivity contribution in [3.05, 3.63) is 206 Å². The van der Waals surface area contributed by atoms with Gasteiger partial charge in [0.15, 0.2) is 17.5 Å². The van der Waals surface area contributed by atoms with Crippen molar-refractivity contribution in [2.24, 2.45) is 0 Å². The molecule has 0 amide bonds. The maximum atomic E-state index is 5.19. The van der Waals surface area contributed by atoms with Gasteiger partial charge < -0.3 is 0 Å². The van der Waals surface area contributed by atoms with Crippen LogP contribution >= 0.6 is 0 Å². The van der Waals surface area contributed by atoms with E-state index in [1.165, 1.54) is 21.9 Å². The van der Waals surface area contributed by atoms with Gasteiger partial charge in [-0.15, -0.1) is 0 Å². The Balaban J connectivity index is 1.06. The molecule has 0 fully saturated rings. The number of rotatable bonds is 7. The molecule has 10 aromatic rings. The summed E-state index contributed by atoms with van der Waals surface area (Å²) < 4.78 is 0. The fraction of sp³-hybridized carbons (Fsp3) is 0. The molecule has 4 heteroatoms. The normalized spacial score (nSPS) is 11.2. The van der Waals surface area contributed by atoms with Crippen LogP contribution in [0.3, 0.4) is 0 Å². The van der Waals surface area contributed by atoms with E-state index in [-0.39, 0.29) is 0 Å². The molecule has 2 heterocycles. The molecule has 0 aliphatic carbocycles. The zero-order chi connectivity index (χ0) is 37.3. The lowest BCUT2D eigenvalue weighted by Gasteiger charge is -2.15. The lowest BCUT2D eigenvalue weighted by molar-refractivity contribution is 1.07. The molecule has 0 radical (unpaired) electrons. The van der Waals surface area contributed by atoms with Gasteiger partial charge in [-0.3, -0.25) is 0 Å². The van der Waals surface area contributed by atoms with Crippen LogP contribution in [0.4, 0.5) is 0 Å². The van der Waals surface area contributed by atoms with Crippen LogP contribution in [0, 0.1) is 0 Å². The first kappa shape index (κ1) is 33.0. The quantitative estimate of drug-likeness (QED) is 0.154. The molecule has 10 rings (SSSR count). The SMILES string of the molecule is c1ccc(-c2ccc(-c3nc(-c4ccccc4)nc(-c4ccc(-c5cccc6c5ccc5nc(-c7ccccc7)cc(-c7ccccc7)c56)cc4)n3)cc2)cc1. The Bertz CT molecular complexity index is 2970. The van der Waals surface area contributed by atoms with E-state index < -0.39 is 0 Å². The van der Waals surface area contributed by atoms with Gasteiger partial charge in [0, 0.05) is 27.6 Å². The third-order valence-electron chi connectivity index (χ3n) is 10.4. The topological polar surface area (TPSA) is 51.6 Å². The van der Waals surface area contributed by atoms with Gasteiger partial charge >= 0.3 is 0 Å². The summed E-state index contributed by atoms with van der Waals surface area (Å²) >= 11 is 0. The van der Waals surface area contributed by atoms with Crippen molar-refractivity contribution in [3.8, 4) is 78.8 Å². The van der Waals surface area contributed by atoms with Gasteiger partial charge in [0.2, 0.25) is 0 Å². The summed E-state index contributed by atoms with van der Waals surface area (Å²) in [4.78, 5) is 20.2. The Labute approximate surface area is 325 Å². The Morgan fingerprint density at radius 3 is 1.25 bits per heavy atom. The summed E-state index contributed by atoms with van der Waals surface area (Å²) in [6.07, 6.45) is 0. The van der Waals surface area contributed by atoms with Crippen molar-refractivity contribution in [3.63, 3.8) is 0 Å². The molecule has 0 unspecified atom stereocenters. The van der Waals surface area contributed by atoms with Crippen molar-refractivity contribution in [2.45, 2.75) is 0 Å². The fourth-order valence-electron chi connectivity index (χ4n) is 7.54. The minimum Gasteiger partial charge on any atom is -0.248 e. The molecule has 8 aromatic carbocycles. The average molecular weight is 715 g/mol. The predicted molar refractivity (Wildman–Crippen MR) is 231 cm³/mol. The van der Waals surface area contributed by atoms with Crippen LogP contribution in [-0.2, 0) is 0 Å². The van der Waals surface area contributed by atoms with Crippen LogP contribution in [-0.4, -0.2) is 19.9 Å². The molecule has 0 N–H and O–H groups in total. The molecule has 262 valence electrons. The fourth-order valence-corrected chi connectivity index (χ4v) is 7.54. The maximum absolute atomic E-state index is 5.19. The smallest absolute Gasteiger partial charge is 0.164 e. The van der Waals surface area contributed by atoms with Crippen molar-refractivity contribution in [1.82, 2.24) is 19.9 Å². The summed E-state index contributed by atoms with van der Waals surface area (Å²) in [5.41, 5.74) is 12.8.